The number of aromatic nitrogens is 2. The van der Waals surface area contributed by atoms with Crippen LogP contribution in [-0.2, 0) is 0 Å². The lowest BCUT2D eigenvalue weighted by atomic mass is 9.78. The summed E-state index contributed by atoms with van der Waals surface area (Å²) < 4.78 is 5.66. The number of furan rings is 1. The first kappa shape index (κ1) is 18.4. The lowest BCUT2D eigenvalue weighted by Crippen LogP contribution is -2.43. The van der Waals surface area contributed by atoms with Gasteiger partial charge in [0.1, 0.15) is 23.7 Å². The zero-order valence-corrected chi connectivity index (χ0v) is 15.5. The van der Waals surface area contributed by atoms with E-state index in [4.69, 9.17) is 9.52 Å². The van der Waals surface area contributed by atoms with Crippen LogP contribution in [0.4, 0.5) is 5.82 Å². The van der Waals surface area contributed by atoms with Crippen LogP contribution < -0.4 is 10.6 Å². The van der Waals surface area contributed by atoms with Crippen LogP contribution in [0.3, 0.4) is 0 Å². The molecule has 0 aliphatic heterocycles. The molecular weight excluding hydrogens is 332 g/mol. The van der Waals surface area contributed by atoms with Crippen molar-refractivity contribution in [3.63, 3.8) is 0 Å². The maximum Gasteiger partial charge on any atom is 0.255 e. The Bertz CT molecular complexity index is 766. The van der Waals surface area contributed by atoms with Crippen molar-refractivity contribution >= 4 is 11.7 Å². The second-order valence-electron chi connectivity index (χ2n) is 7.09. The molecule has 1 aliphatic rings. The number of aryl methyl sites for hydroxylation is 1. The molecule has 0 saturated heterocycles. The Hall–Kier alpha value is -2.41. The van der Waals surface area contributed by atoms with Crippen LogP contribution >= 0.6 is 0 Å². The van der Waals surface area contributed by atoms with E-state index in [2.05, 4.69) is 20.6 Å². The van der Waals surface area contributed by atoms with Crippen molar-refractivity contribution in [3.05, 3.63) is 41.2 Å². The molecule has 0 unspecified atom stereocenters. The van der Waals surface area contributed by atoms with Crippen molar-refractivity contribution in [1.29, 1.82) is 0 Å². The minimum absolute atomic E-state index is 0.0584. The highest BCUT2D eigenvalue weighted by Gasteiger charge is 2.33. The number of carbonyl (C=O) groups is 1. The number of hydrogen-bond acceptors (Lipinski definition) is 6. The van der Waals surface area contributed by atoms with Gasteiger partial charge < -0.3 is 20.2 Å². The summed E-state index contributed by atoms with van der Waals surface area (Å²) in [6, 6.07) is 3.90. The number of rotatable bonds is 7. The molecule has 0 radical (unpaired) electrons. The molecule has 7 nitrogen and oxygen atoms in total. The van der Waals surface area contributed by atoms with Crippen LogP contribution in [0.15, 0.2) is 22.9 Å². The normalized spacial score (nSPS) is 19.3. The summed E-state index contributed by atoms with van der Waals surface area (Å²) in [5.74, 6) is 2.71. The van der Waals surface area contributed by atoms with Crippen molar-refractivity contribution in [2.45, 2.75) is 51.5 Å². The summed E-state index contributed by atoms with van der Waals surface area (Å²) in [6.07, 6.45) is 3.25. The van der Waals surface area contributed by atoms with Gasteiger partial charge in [0.15, 0.2) is 0 Å². The number of hydrogen-bond donors (Lipinski definition) is 3. The molecule has 0 bridgehead atoms. The minimum atomic E-state index is -0.0745. The van der Waals surface area contributed by atoms with Crippen molar-refractivity contribution in [2.24, 2.45) is 0 Å². The third kappa shape index (κ3) is 4.04. The molecule has 140 valence electrons. The van der Waals surface area contributed by atoms with Gasteiger partial charge in [0, 0.05) is 36.2 Å². The molecule has 2 aromatic heterocycles. The van der Waals surface area contributed by atoms with Crippen LogP contribution in [0.25, 0.3) is 0 Å². The van der Waals surface area contributed by atoms with Gasteiger partial charge in [-0.15, -0.1) is 0 Å². The van der Waals surface area contributed by atoms with E-state index in [1.165, 1.54) is 6.33 Å². The van der Waals surface area contributed by atoms with E-state index < -0.39 is 0 Å². The summed E-state index contributed by atoms with van der Waals surface area (Å²) in [5, 5.41) is 15.0. The third-order valence-electron chi connectivity index (χ3n) is 4.75. The molecule has 26 heavy (non-hydrogen) atoms. The maximum absolute atomic E-state index is 12.5. The molecule has 0 spiro atoms. The summed E-state index contributed by atoms with van der Waals surface area (Å²) in [5.41, 5.74) is 1.59. The van der Waals surface area contributed by atoms with Gasteiger partial charge in [0.05, 0.1) is 12.2 Å². The Morgan fingerprint density at radius 3 is 2.77 bits per heavy atom. The molecule has 2 aromatic rings. The molecule has 3 rings (SSSR count). The molecule has 0 atom stereocenters. The second-order valence-corrected chi connectivity index (χ2v) is 7.09. The van der Waals surface area contributed by atoms with Crippen molar-refractivity contribution in [2.75, 3.05) is 18.5 Å². The average molecular weight is 358 g/mol. The third-order valence-corrected chi connectivity index (χ3v) is 4.75. The summed E-state index contributed by atoms with van der Waals surface area (Å²) in [7, 11) is 0. The zero-order chi connectivity index (χ0) is 18.7. The van der Waals surface area contributed by atoms with Crippen molar-refractivity contribution in [1.82, 2.24) is 15.3 Å². The predicted molar refractivity (Wildman–Crippen MR) is 98.4 cm³/mol. The SMILES string of the molecule is Cc1oc(C(C)C)cc1C(=O)NC1CC(c2cc(NCCO)ncn2)C1. The Morgan fingerprint density at radius 2 is 2.12 bits per heavy atom. The molecule has 1 fully saturated rings. The van der Waals surface area contributed by atoms with Gasteiger partial charge in [0.2, 0.25) is 0 Å². The van der Waals surface area contributed by atoms with E-state index in [1.807, 2.05) is 32.9 Å². The Morgan fingerprint density at radius 1 is 1.35 bits per heavy atom. The number of carbonyl (C=O) groups excluding carboxylic acids is 1. The Labute approximate surface area is 153 Å². The smallest absolute Gasteiger partial charge is 0.255 e. The molecule has 7 heteroatoms. The van der Waals surface area contributed by atoms with Crippen LogP contribution in [0.1, 0.15) is 66.1 Å². The molecule has 0 aromatic carbocycles. The van der Waals surface area contributed by atoms with Gasteiger partial charge in [-0.05, 0) is 25.8 Å². The molecule has 3 N–H and O–H groups in total. The lowest BCUT2D eigenvalue weighted by molar-refractivity contribution is 0.0906. The van der Waals surface area contributed by atoms with Crippen LogP contribution in [0.5, 0.6) is 0 Å². The van der Waals surface area contributed by atoms with Gasteiger partial charge in [0.25, 0.3) is 5.91 Å². The van der Waals surface area contributed by atoms with E-state index in [9.17, 15) is 4.79 Å². The van der Waals surface area contributed by atoms with E-state index in [1.54, 1.807) is 0 Å². The van der Waals surface area contributed by atoms with Gasteiger partial charge in [-0.2, -0.15) is 0 Å². The number of nitrogens with one attached hydrogen (secondary N) is 2. The molecule has 2 heterocycles. The standard InChI is InChI=1S/C19H26N4O3/c1-11(2)17-8-15(12(3)26-17)19(25)23-14-6-13(7-14)16-9-18(20-4-5-24)22-10-21-16/h8-11,13-14,24H,4-7H2,1-3H3,(H,23,25)(H,20,21,22). The second kappa shape index (κ2) is 7.86. The predicted octanol–water partition coefficient (Wildman–Crippen LogP) is 2.58. The van der Waals surface area contributed by atoms with Gasteiger partial charge in [-0.25, -0.2) is 9.97 Å². The first-order valence-electron chi connectivity index (χ1n) is 9.05. The van der Waals surface area contributed by atoms with Gasteiger partial charge in [-0.3, -0.25) is 4.79 Å². The number of aliphatic hydroxyl groups is 1. The van der Waals surface area contributed by atoms with E-state index >= 15 is 0 Å². The van der Waals surface area contributed by atoms with Gasteiger partial charge in [-0.1, -0.05) is 13.8 Å². The number of nitrogens with zero attached hydrogens (tertiary/aromatic N) is 2. The van der Waals surface area contributed by atoms with E-state index in [0.29, 0.717) is 29.6 Å². The van der Waals surface area contributed by atoms with Crippen molar-refractivity contribution in [3.8, 4) is 0 Å². The van der Waals surface area contributed by atoms with Crippen LogP contribution in [0, 0.1) is 6.92 Å². The maximum atomic E-state index is 12.5. The summed E-state index contributed by atoms with van der Waals surface area (Å²) in [6.45, 7) is 6.43. The molecule has 1 saturated carbocycles. The van der Waals surface area contributed by atoms with E-state index in [0.717, 1.165) is 24.3 Å². The topological polar surface area (TPSA) is 100 Å². The largest absolute Gasteiger partial charge is 0.465 e. The fraction of sp³-hybridized carbons (Fsp3) is 0.526. The Kier molecular flexibility index (Phi) is 5.56. The lowest BCUT2D eigenvalue weighted by Gasteiger charge is -2.35. The number of amides is 1. The first-order valence-corrected chi connectivity index (χ1v) is 9.05. The molecular formula is C19H26N4O3. The highest BCUT2D eigenvalue weighted by Crippen LogP contribution is 2.36. The summed E-state index contributed by atoms with van der Waals surface area (Å²) >= 11 is 0. The number of anilines is 1. The highest BCUT2D eigenvalue weighted by molar-refractivity contribution is 5.95. The fourth-order valence-electron chi connectivity index (χ4n) is 3.13. The molecule has 1 aliphatic carbocycles. The van der Waals surface area contributed by atoms with Crippen molar-refractivity contribution < 1.29 is 14.3 Å². The fourth-order valence-corrected chi connectivity index (χ4v) is 3.13. The molecule has 1 amide bonds. The Balaban J connectivity index is 1.55. The highest BCUT2D eigenvalue weighted by atomic mass is 16.3. The quantitative estimate of drug-likeness (QED) is 0.703. The van der Waals surface area contributed by atoms with E-state index in [-0.39, 0.29) is 24.5 Å². The monoisotopic (exact) mass is 358 g/mol. The van der Waals surface area contributed by atoms with Crippen LogP contribution in [0.2, 0.25) is 0 Å². The number of aliphatic hydroxyl groups excluding tert-OH is 1. The first-order chi connectivity index (χ1) is 12.5. The zero-order valence-electron chi connectivity index (χ0n) is 15.5. The average Bonchev–Trinajstić information content (AvgIpc) is 2.98. The summed E-state index contributed by atoms with van der Waals surface area (Å²) in [4.78, 5) is 21.0. The van der Waals surface area contributed by atoms with Gasteiger partial charge >= 0.3 is 0 Å². The van der Waals surface area contributed by atoms with Crippen LogP contribution in [-0.4, -0.2) is 40.2 Å². The minimum Gasteiger partial charge on any atom is -0.465 e.